The highest BCUT2D eigenvalue weighted by Crippen LogP contribution is 2.46. The van der Waals surface area contributed by atoms with Gasteiger partial charge in [-0.15, -0.1) is 0 Å². The number of hydrogen-bond donors (Lipinski definition) is 2. The zero-order chi connectivity index (χ0) is 15.7. The van der Waals surface area contributed by atoms with Crippen LogP contribution in [0.25, 0.3) is 0 Å². The molecule has 3 nitrogen and oxygen atoms in total. The van der Waals surface area contributed by atoms with E-state index in [9.17, 15) is 18.0 Å². The van der Waals surface area contributed by atoms with Gasteiger partial charge in [0.1, 0.15) is 0 Å². The molecule has 1 fully saturated rings. The van der Waals surface area contributed by atoms with E-state index in [1.165, 1.54) is 19.2 Å². The maximum atomic E-state index is 12.9. The molecular weight excluding hydrogens is 301 g/mol. The third kappa shape index (κ3) is 3.45. The predicted molar refractivity (Wildman–Crippen MR) is 78.8 cm³/mol. The lowest BCUT2D eigenvalue weighted by Crippen LogP contribution is -2.32. The monoisotopic (exact) mass is 318 g/mol. The molecule has 0 atom stereocenters. The summed E-state index contributed by atoms with van der Waals surface area (Å²) in [7, 11) is 1.38. The zero-order valence-electron chi connectivity index (χ0n) is 11.8. The maximum Gasteiger partial charge on any atom is 0.418 e. The molecule has 0 heterocycles. The van der Waals surface area contributed by atoms with Gasteiger partial charge in [0.05, 0.1) is 16.8 Å². The Balaban J connectivity index is 2.20. The standard InChI is InChI=1S/C14H17F3N2OS/c1-18-11-9(4-3-5-10(11)14(15,16)17)12(20)19-8-13(21-2)6-7-13/h3-5,18H,6-8H2,1-2H3,(H,19,20). The Morgan fingerprint density at radius 3 is 2.52 bits per heavy atom. The van der Waals surface area contributed by atoms with Crippen LogP contribution in [-0.4, -0.2) is 30.5 Å². The van der Waals surface area contributed by atoms with Crippen molar-refractivity contribution in [2.45, 2.75) is 23.8 Å². The smallest absolute Gasteiger partial charge is 0.387 e. The van der Waals surface area contributed by atoms with Crippen molar-refractivity contribution >= 4 is 23.4 Å². The van der Waals surface area contributed by atoms with Crippen molar-refractivity contribution in [2.75, 3.05) is 25.2 Å². The van der Waals surface area contributed by atoms with Crippen LogP contribution < -0.4 is 10.6 Å². The van der Waals surface area contributed by atoms with Gasteiger partial charge >= 0.3 is 6.18 Å². The maximum absolute atomic E-state index is 12.9. The molecule has 0 bridgehead atoms. The molecule has 0 aromatic heterocycles. The molecule has 1 aliphatic rings. The summed E-state index contributed by atoms with van der Waals surface area (Å²) in [4.78, 5) is 12.2. The third-order valence-electron chi connectivity index (χ3n) is 3.68. The van der Waals surface area contributed by atoms with E-state index < -0.39 is 17.6 Å². The first-order chi connectivity index (χ1) is 9.83. The molecule has 0 unspecified atom stereocenters. The van der Waals surface area contributed by atoms with E-state index in [2.05, 4.69) is 10.6 Å². The van der Waals surface area contributed by atoms with Crippen LogP contribution in [0.3, 0.4) is 0 Å². The highest BCUT2D eigenvalue weighted by Gasteiger charge is 2.42. The molecule has 1 aliphatic carbocycles. The van der Waals surface area contributed by atoms with Gasteiger partial charge in [-0.2, -0.15) is 24.9 Å². The van der Waals surface area contributed by atoms with Crippen molar-refractivity contribution in [3.63, 3.8) is 0 Å². The number of carbonyl (C=O) groups is 1. The Kier molecular flexibility index (Phi) is 4.41. The van der Waals surface area contributed by atoms with Gasteiger partial charge in [-0.25, -0.2) is 0 Å². The molecule has 0 radical (unpaired) electrons. The highest BCUT2D eigenvalue weighted by molar-refractivity contribution is 8.00. The number of para-hydroxylation sites is 1. The van der Waals surface area contributed by atoms with E-state index >= 15 is 0 Å². The molecule has 0 aliphatic heterocycles. The van der Waals surface area contributed by atoms with E-state index in [0.29, 0.717) is 6.54 Å². The summed E-state index contributed by atoms with van der Waals surface area (Å²) in [6.07, 6.45) is -0.472. The van der Waals surface area contributed by atoms with Crippen LogP contribution in [0.4, 0.5) is 18.9 Å². The Morgan fingerprint density at radius 2 is 2.05 bits per heavy atom. The van der Waals surface area contributed by atoms with Crippen LogP contribution >= 0.6 is 11.8 Å². The Hall–Kier alpha value is -1.37. The summed E-state index contributed by atoms with van der Waals surface area (Å²) < 4.78 is 38.9. The topological polar surface area (TPSA) is 41.1 Å². The summed E-state index contributed by atoms with van der Waals surface area (Å²) in [6.45, 7) is 0.479. The average Bonchev–Trinajstić information content (AvgIpc) is 3.23. The molecule has 116 valence electrons. The van der Waals surface area contributed by atoms with Gasteiger partial charge in [-0.3, -0.25) is 4.79 Å². The number of carbonyl (C=O) groups excluding carboxylic acids is 1. The lowest BCUT2D eigenvalue weighted by molar-refractivity contribution is -0.136. The number of amides is 1. The Morgan fingerprint density at radius 1 is 1.38 bits per heavy atom. The second kappa shape index (κ2) is 5.79. The Bertz CT molecular complexity index is 542. The van der Waals surface area contributed by atoms with Crippen LogP contribution in [0.2, 0.25) is 0 Å². The minimum absolute atomic E-state index is 0.0178. The third-order valence-corrected chi connectivity index (χ3v) is 5.09. The lowest BCUT2D eigenvalue weighted by atomic mass is 10.1. The van der Waals surface area contributed by atoms with E-state index in [4.69, 9.17) is 0 Å². The zero-order valence-corrected chi connectivity index (χ0v) is 12.6. The van der Waals surface area contributed by atoms with Crippen LogP contribution in [0.5, 0.6) is 0 Å². The van der Waals surface area contributed by atoms with E-state index in [0.717, 1.165) is 18.9 Å². The molecule has 1 aromatic rings. The van der Waals surface area contributed by atoms with Gasteiger partial charge in [0.15, 0.2) is 0 Å². The fourth-order valence-electron chi connectivity index (χ4n) is 2.18. The molecule has 2 N–H and O–H groups in total. The fourth-order valence-corrected chi connectivity index (χ4v) is 2.90. The summed E-state index contributed by atoms with van der Waals surface area (Å²) >= 11 is 1.68. The average molecular weight is 318 g/mol. The first kappa shape index (κ1) is 16.0. The molecule has 1 aromatic carbocycles. The van der Waals surface area contributed by atoms with E-state index in [-0.39, 0.29) is 16.0 Å². The van der Waals surface area contributed by atoms with Crippen molar-refractivity contribution in [3.05, 3.63) is 29.3 Å². The van der Waals surface area contributed by atoms with Crippen molar-refractivity contribution in [1.29, 1.82) is 0 Å². The summed E-state index contributed by atoms with van der Waals surface area (Å²) in [6, 6.07) is 3.61. The van der Waals surface area contributed by atoms with Gasteiger partial charge in [0.25, 0.3) is 5.91 Å². The van der Waals surface area contributed by atoms with Crippen LogP contribution in [0, 0.1) is 0 Å². The second-order valence-electron chi connectivity index (χ2n) is 5.05. The quantitative estimate of drug-likeness (QED) is 0.874. The van der Waals surface area contributed by atoms with Gasteiger partial charge in [0, 0.05) is 18.3 Å². The van der Waals surface area contributed by atoms with Crippen molar-refractivity contribution in [2.24, 2.45) is 0 Å². The Labute approximate surface area is 125 Å². The SMILES string of the molecule is CNc1c(C(=O)NCC2(SC)CC2)cccc1C(F)(F)F. The van der Waals surface area contributed by atoms with Crippen molar-refractivity contribution < 1.29 is 18.0 Å². The molecule has 0 spiro atoms. The lowest BCUT2D eigenvalue weighted by Gasteiger charge is -2.18. The fraction of sp³-hybridized carbons (Fsp3) is 0.500. The molecule has 1 amide bonds. The first-order valence-electron chi connectivity index (χ1n) is 6.54. The number of alkyl halides is 3. The summed E-state index contributed by atoms with van der Waals surface area (Å²) in [5.74, 6) is -0.481. The van der Waals surface area contributed by atoms with Crippen molar-refractivity contribution in [1.82, 2.24) is 5.32 Å². The predicted octanol–water partition coefficient (Wildman–Crippen LogP) is 3.37. The number of benzene rings is 1. The van der Waals surface area contributed by atoms with Crippen LogP contribution in [0.1, 0.15) is 28.8 Å². The minimum atomic E-state index is -4.49. The summed E-state index contributed by atoms with van der Waals surface area (Å²) in [5, 5.41) is 5.23. The highest BCUT2D eigenvalue weighted by atomic mass is 32.2. The molecular formula is C14H17F3N2OS. The van der Waals surface area contributed by atoms with Gasteiger partial charge in [-0.1, -0.05) is 6.07 Å². The van der Waals surface area contributed by atoms with Gasteiger partial charge in [-0.05, 0) is 31.2 Å². The van der Waals surface area contributed by atoms with Crippen LogP contribution in [-0.2, 0) is 6.18 Å². The van der Waals surface area contributed by atoms with Gasteiger partial charge < -0.3 is 10.6 Å². The number of nitrogens with one attached hydrogen (secondary N) is 2. The molecule has 21 heavy (non-hydrogen) atoms. The number of halogens is 3. The number of rotatable bonds is 5. The molecule has 0 saturated heterocycles. The van der Waals surface area contributed by atoms with Crippen LogP contribution in [0.15, 0.2) is 18.2 Å². The minimum Gasteiger partial charge on any atom is -0.387 e. The normalized spacial score (nSPS) is 16.4. The number of hydrogen-bond acceptors (Lipinski definition) is 3. The van der Waals surface area contributed by atoms with Crippen molar-refractivity contribution in [3.8, 4) is 0 Å². The molecule has 7 heteroatoms. The first-order valence-corrected chi connectivity index (χ1v) is 7.77. The molecule has 1 saturated carbocycles. The largest absolute Gasteiger partial charge is 0.418 e. The molecule has 2 rings (SSSR count). The number of thioether (sulfide) groups is 1. The number of anilines is 1. The summed E-state index contributed by atoms with van der Waals surface area (Å²) in [5.41, 5.74) is -0.996. The van der Waals surface area contributed by atoms with E-state index in [1.807, 2.05) is 6.26 Å². The van der Waals surface area contributed by atoms with Gasteiger partial charge in [0.2, 0.25) is 0 Å². The second-order valence-corrected chi connectivity index (χ2v) is 6.32. The van der Waals surface area contributed by atoms with E-state index in [1.54, 1.807) is 11.8 Å².